The Hall–Kier alpha value is -1.70. The molecule has 0 aliphatic rings. The van der Waals surface area contributed by atoms with E-state index in [2.05, 4.69) is 68.6 Å². The number of aryl methyl sites for hydroxylation is 3. The zero-order valence-corrected chi connectivity index (χ0v) is 11.2. The lowest BCUT2D eigenvalue weighted by atomic mass is 10.0. The van der Waals surface area contributed by atoms with Crippen molar-refractivity contribution in [2.75, 3.05) is 0 Å². The van der Waals surface area contributed by atoms with Crippen LogP contribution in [0, 0.1) is 27.7 Å². The van der Waals surface area contributed by atoms with Crippen molar-refractivity contribution in [2.45, 2.75) is 27.7 Å². The van der Waals surface area contributed by atoms with Crippen molar-refractivity contribution < 1.29 is 4.57 Å². The lowest BCUT2D eigenvalue weighted by molar-refractivity contribution is -0.667. The van der Waals surface area contributed by atoms with Crippen LogP contribution in [0.4, 0.5) is 0 Å². The van der Waals surface area contributed by atoms with E-state index in [-0.39, 0.29) is 0 Å². The Morgan fingerprint density at radius 2 is 1.59 bits per heavy atom. The second kappa shape index (κ2) is 4.28. The molecule has 2 heteroatoms. The highest BCUT2D eigenvalue weighted by Gasteiger charge is 2.20. The van der Waals surface area contributed by atoms with Gasteiger partial charge in [0.05, 0.1) is 5.56 Å². The molecule has 88 valence electrons. The Morgan fingerprint density at radius 1 is 0.941 bits per heavy atom. The van der Waals surface area contributed by atoms with Crippen molar-refractivity contribution in [3.63, 3.8) is 0 Å². The molecular formula is C15H19N2+. The Bertz CT molecular complexity index is 571. The van der Waals surface area contributed by atoms with Gasteiger partial charge in [0.25, 0.3) is 0 Å². The fraction of sp³-hybridized carbons (Fsp3) is 0.333. The molecule has 0 N–H and O–H groups in total. The first kappa shape index (κ1) is 11.8. The highest BCUT2D eigenvalue weighted by molar-refractivity contribution is 5.62. The smallest absolute Gasteiger partial charge is 0.234 e. The first-order chi connectivity index (χ1) is 8.02. The largest absolute Gasteiger partial charge is 0.245 e. The number of aromatic nitrogens is 2. The van der Waals surface area contributed by atoms with E-state index in [0.29, 0.717) is 0 Å². The van der Waals surface area contributed by atoms with Gasteiger partial charge in [0.1, 0.15) is 18.4 Å². The second-order valence-electron chi connectivity index (χ2n) is 4.59. The minimum absolute atomic E-state index is 1.09. The lowest BCUT2D eigenvalue weighted by Crippen LogP contribution is -2.37. The van der Waals surface area contributed by atoms with E-state index in [1.165, 1.54) is 22.5 Å². The first-order valence-corrected chi connectivity index (χ1v) is 5.92. The van der Waals surface area contributed by atoms with Crippen molar-refractivity contribution in [1.82, 2.24) is 4.98 Å². The summed E-state index contributed by atoms with van der Waals surface area (Å²) in [6.07, 6.45) is 0. The van der Waals surface area contributed by atoms with Gasteiger partial charge >= 0.3 is 0 Å². The van der Waals surface area contributed by atoms with Gasteiger partial charge in [-0.2, -0.15) is 4.57 Å². The van der Waals surface area contributed by atoms with Crippen LogP contribution in [-0.4, -0.2) is 4.98 Å². The minimum atomic E-state index is 1.09. The van der Waals surface area contributed by atoms with Crippen LogP contribution >= 0.6 is 0 Å². The highest BCUT2D eigenvalue weighted by Crippen LogP contribution is 2.22. The summed E-state index contributed by atoms with van der Waals surface area (Å²) in [5.41, 5.74) is 7.17. The number of benzene rings is 1. The maximum atomic E-state index is 4.63. The van der Waals surface area contributed by atoms with Crippen LogP contribution in [-0.2, 0) is 7.05 Å². The third kappa shape index (κ3) is 1.95. The minimum Gasteiger partial charge on any atom is -0.245 e. The van der Waals surface area contributed by atoms with Crippen LogP contribution in [0.1, 0.15) is 22.6 Å². The monoisotopic (exact) mass is 227 g/mol. The summed E-state index contributed by atoms with van der Waals surface area (Å²) < 4.78 is 2.24. The topological polar surface area (TPSA) is 16.8 Å². The van der Waals surface area contributed by atoms with Gasteiger partial charge in [0.2, 0.25) is 5.69 Å². The Kier molecular flexibility index (Phi) is 2.97. The standard InChI is InChI=1S/C15H19N2/c1-10-8-6-7-9-14(10)15-12(3)16-11(2)13(4)17(15)5/h6-9H,1-5H3/q+1. The molecule has 2 nitrogen and oxygen atoms in total. The maximum absolute atomic E-state index is 4.63. The molecule has 0 atom stereocenters. The van der Waals surface area contributed by atoms with E-state index in [0.717, 1.165) is 11.4 Å². The van der Waals surface area contributed by atoms with Gasteiger partial charge in [-0.05, 0) is 32.4 Å². The molecule has 0 aliphatic carbocycles. The molecule has 0 unspecified atom stereocenters. The third-order valence-corrected chi connectivity index (χ3v) is 3.44. The predicted octanol–water partition coefficient (Wildman–Crippen LogP) is 2.81. The van der Waals surface area contributed by atoms with Crippen LogP contribution in [0.3, 0.4) is 0 Å². The fourth-order valence-corrected chi connectivity index (χ4v) is 2.25. The molecule has 2 rings (SSSR count). The summed E-state index contributed by atoms with van der Waals surface area (Å²) in [7, 11) is 2.11. The number of rotatable bonds is 1. The molecule has 0 spiro atoms. The summed E-state index contributed by atoms with van der Waals surface area (Å²) in [6, 6.07) is 8.46. The normalized spacial score (nSPS) is 10.6. The van der Waals surface area contributed by atoms with Gasteiger partial charge in [0.15, 0.2) is 5.69 Å². The fourth-order valence-electron chi connectivity index (χ4n) is 2.25. The molecule has 0 radical (unpaired) electrons. The number of nitrogens with zero attached hydrogens (tertiary/aromatic N) is 2. The summed E-state index contributed by atoms with van der Waals surface area (Å²) in [5, 5.41) is 0. The van der Waals surface area contributed by atoms with Crippen LogP contribution < -0.4 is 4.57 Å². The van der Waals surface area contributed by atoms with Crippen molar-refractivity contribution in [2.24, 2.45) is 7.05 Å². The average Bonchev–Trinajstić information content (AvgIpc) is 2.29. The Morgan fingerprint density at radius 3 is 2.24 bits per heavy atom. The van der Waals surface area contributed by atoms with Crippen molar-refractivity contribution >= 4 is 0 Å². The SMILES string of the molecule is Cc1ccccc1-c1c(C)nc(C)c(C)[n+]1C. The van der Waals surface area contributed by atoms with E-state index < -0.39 is 0 Å². The quantitative estimate of drug-likeness (QED) is 0.685. The molecule has 1 heterocycles. The van der Waals surface area contributed by atoms with Gasteiger partial charge in [-0.15, -0.1) is 0 Å². The third-order valence-electron chi connectivity index (χ3n) is 3.44. The molecule has 1 aromatic heterocycles. The molecule has 0 bridgehead atoms. The van der Waals surface area contributed by atoms with Gasteiger partial charge in [0, 0.05) is 6.92 Å². The van der Waals surface area contributed by atoms with E-state index in [4.69, 9.17) is 0 Å². The molecule has 2 aromatic rings. The molecule has 0 saturated heterocycles. The zero-order valence-electron chi connectivity index (χ0n) is 11.2. The molecule has 0 fully saturated rings. The van der Waals surface area contributed by atoms with Crippen LogP contribution in [0.25, 0.3) is 11.3 Å². The lowest BCUT2D eigenvalue weighted by Gasteiger charge is -2.09. The molecule has 0 amide bonds. The van der Waals surface area contributed by atoms with Crippen LogP contribution in [0.2, 0.25) is 0 Å². The Labute approximate surface area is 103 Å². The summed E-state index contributed by atoms with van der Waals surface area (Å²) in [5.74, 6) is 0. The number of hydrogen-bond acceptors (Lipinski definition) is 1. The highest BCUT2D eigenvalue weighted by atomic mass is 15.0. The van der Waals surface area contributed by atoms with E-state index in [1.807, 2.05) is 0 Å². The molecule has 0 aliphatic heterocycles. The van der Waals surface area contributed by atoms with Crippen molar-refractivity contribution in [3.05, 3.63) is 46.9 Å². The van der Waals surface area contributed by atoms with Gasteiger partial charge in [-0.25, -0.2) is 4.98 Å². The van der Waals surface area contributed by atoms with E-state index in [1.54, 1.807) is 0 Å². The van der Waals surface area contributed by atoms with Gasteiger partial charge in [-0.3, -0.25) is 0 Å². The molecule has 0 saturated carbocycles. The molecule has 17 heavy (non-hydrogen) atoms. The predicted molar refractivity (Wildman–Crippen MR) is 69.8 cm³/mol. The van der Waals surface area contributed by atoms with Crippen LogP contribution in [0.15, 0.2) is 24.3 Å². The number of hydrogen-bond donors (Lipinski definition) is 0. The average molecular weight is 227 g/mol. The summed E-state index contributed by atoms with van der Waals surface area (Å²) >= 11 is 0. The van der Waals surface area contributed by atoms with Crippen LogP contribution in [0.5, 0.6) is 0 Å². The van der Waals surface area contributed by atoms with Gasteiger partial charge < -0.3 is 0 Å². The molecular weight excluding hydrogens is 208 g/mol. The van der Waals surface area contributed by atoms with E-state index in [9.17, 15) is 0 Å². The second-order valence-corrected chi connectivity index (χ2v) is 4.59. The molecule has 1 aromatic carbocycles. The van der Waals surface area contributed by atoms with Crippen molar-refractivity contribution in [1.29, 1.82) is 0 Å². The maximum Gasteiger partial charge on any atom is 0.234 e. The van der Waals surface area contributed by atoms with Gasteiger partial charge in [-0.1, -0.05) is 18.2 Å². The first-order valence-electron chi connectivity index (χ1n) is 5.92. The summed E-state index contributed by atoms with van der Waals surface area (Å²) in [4.78, 5) is 4.63. The Balaban J connectivity index is 2.77. The zero-order chi connectivity index (χ0) is 12.6. The van der Waals surface area contributed by atoms with Crippen molar-refractivity contribution in [3.8, 4) is 11.3 Å². The summed E-state index contributed by atoms with van der Waals surface area (Å²) in [6.45, 7) is 8.39. The van der Waals surface area contributed by atoms with E-state index >= 15 is 0 Å².